The maximum atomic E-state index is 13.8. The van der Waals surface area contributed by atoms with Crippen molar-refractivity contribution in [3.05, 3.63) is 24.1 Å². The molecule has 0 amide bonds. The summed E-state index contributed by atoms with van der Waals surface area (Å²) in [6.45, 7) is 6.85. The lowest BCUT2D eigenvalue weighted by molar-refractivity contribution is 0.567. The van der Waals surface area contributed by atoms with E-state index in [1.807, 2.05) is 4.90 Å². The SMILES string of the molecule is CN=C(NCCC(C)C)NC1CCN(c2ncccc2F)C1. The summed E-state index contributed by atoms with van der Waals surface area (Å²) in [6, 6.07) is 3.33. The van der Waals surface area contributed by atoms with Gasteiger partial charge in [-0.2, -0.15) is 0 Å². The smallest absolute Gasteiger partial charge is 0.191 e. The van der Waals surface area contributed by atoms with E-state index in [1.54, 1.807) is 19.3 Å². The van der Waals surface area contributed by atoms with Gasteiger partial charge < -0.3 is 15.5 Å². The van der Waals surface area contributed by atoms with Gasteiger partial charge in [-0.05, 0) is 30.9 Å². The minimum atomic E-state index is -0.261. The number of rotatable bonds is 5. The Morgan fingerprint density at radius 1 is 1.55 bits per heavy atom. The van der Waals surface area contributed by atoms with Crippen LogP contribution in [-0.4, -0.2) is 43.7 Å². The predicted octanol–water partition coefficient (Wildman–Crippen LogP) is 2.01. The molecule has 1 saturated heterocycles. The van der Waals surface area contributed by atoms with Crippen molar-refractivity contribution in [3.8, 4) is 0 Å². The molecule has 5 nitrogen and oxygen atoms in total. The van der Waals surface area contributed by atoms with Crippen molar-refractivity contribution < 1.29 is 4.39 Å². The lowest BCUT2D eigenvalue weighted by Crippen LogP contribution is -2.45. The number of aliphatic imine (C=N–C) groups is 1. The summed E-state index contributed by atoms with van der Waals surface area (Å²) in [5.74, 6) is 1.66. The first-order valence-electron chi connectivity index (χ1n) is 7.92. The van der Waals surface area contributed by atoms with E-state index in [0.29, 0.717) is 11.7 Å². The molecule has 1 unspecified atom stereocenters. The fourth-order valence-electron chi connectivity index (χ4n) is 2.55. The van der Waals surface area contributed by atoms with E-state index in [9.17, 15) is 4.39 Å². The lowest BCUT2D eigenvalue weighted by Gasteiger charge is -2.20. The number of nitrogens with zero attached hydrogens (tertiary/aromatic N) is 3. The van der Waals surface area contributed by atoms with Crippen molar-refractivity contribution >= 4 is 11.8 Å². The van der Waals surface area contributed by atoms with Crippen molar-refractivity contribution in [3.63, 3.8) is 0 Å². The third kappa shape index (κ3) is 4.58. The quantitative estimate of drug-likeness (QED) is 0.645. The van der Waals surface area contributed by atoms with E-state index < -0.39 is 0 Å². The number of guanidine groups is 1. The van der Waals surface area contributed by atoms with Gasteiger partial charge in [0.25, 0.3) is 0 Å². The van der Waals surface area contributed by atoms with Gasteiger partial charge in [0, 0.05) is 38.9 Å². The number of hydrogen-bond acceptors (Lipinski definition) is 3. The fourth-order valence-corrected chi connectivity index (χ4v) is 2.55. The van der Waals surface area contributed by atoms with Crippen LogP contribution in [0.4, 0.5) is 10.2 Å². The Morgan fingerprint density at radius 3 is 3.05 bits per heavy atom. The van der Waals surface area contributed by atoms with E-state index in [2.05, 4.69) is 34.5 Å². The third-order valence-electron chi connectivity index (χ3n) is 3.81. The minimum Gasteiger partial charge on any atom is -0.356 e. The van der Waals surface area contributed by atoms with Crippen LogP contribution >= 0.6 is 0 Å². The van der Waals surface area contributed by atoms with E-state index in [4.69, 9.17) is 0 Å². The van der Waals surface area contributed by atoms with Crippen LogP contribution in [-0.2, 0) is 0 Å². The average molecular weight is 307 g/mol. The van der Waals surface area contributed by atoms with Crippen molar-refractivity contribution in [2.24, 2.45) is 10.9 Å². The van der Waals surface area contributed by atoms with Crippen LogP contribution in [0.15, 0.2) is 23.3 Å². The molecule has 22 heavy (non-hydrogen) atoms. The zero-order valence-electron chi connectivity index (χ0n) is 13.6. The van der Waals surface area contributed by atoms with Crippen LogP contribution in [0.25, 0.3) is 0 Å². The summed E-state index contributed by atoms with van der Waals surface area (Å²) in [7, 11) is 1.77. The van der Waals surface area contributed by atoms with Gasteiger partial charge >= 0.3 is 0 Å². The molecule has 0 spiro atoms. The molecule has 1 aromatic rings. The zero-order chi connectivity index (χ0) is 15.9. The Balaban J connectivity index is 1.84. The second-order valence-corrected chi connectivity index (χ2v) is 6.07. The highest BCUT2D eigenvalue weighted by Gasteiger charge is 2.25. The molecule has 2 heterocycles. The van der Waals surface area contributed by atoms with E-state index in [-0.39, 0.29) is 11.9 Å². The first-order chi connectivity index (χ1) is 10.6. The summed E-state index contributed by atoms with van der Waals surface area (Å²) in [5.41, 5.74) is 0. The van der Waals surface area contributed by atoms with Gasteiger partial charge in [0.15, 0.2) is 17.6 Å². The van der Waals surface area contributed by atoms with Crippen LogP contribution in [0, 0.1) is 11.7 Å². The Bertz CT molecular complexity index is 503. The van der Waals surface area contributed by atoms with Gasteiger partial charge in [0.05, 0.1) is 0 Å². The maximum absolute atomic E-state index is 13.8. The third-order valence-corrected chi connectivity index (χ3v) is 3.81. The van der Waals surface area contributed by atoms with Gasteiger partial charge in [-0.3, -0.25) is 4.99 Å². The van der Waals surface area contributed by atoms with Crippen LogP contribution in [0.3, 0.4) is 0 Å². The molecule has 2 rings (SSSR count). The molecule has 6 heteroatoms. The molecule has 0 radical (unpaired) electrons. The van der Waals surface area contributed by atoms with Crippen molar-refractivity contribution in [2.45, 2.75) is 32.7 Å². The molecule has 1 fully saturated rings. The molecule has 1 atom stereocenters. The number of nitrogens with one attached hydrogen (secondary N) is 2. The summed E-state index contributed by atoms with van der Waals surface area (Å²) < 4.78 is 13.8. The van der Waals surface area contributed by atoms with Crippen LogP contribution in [0.5, 0.6) is 0 Å². The average Bonchev–Trinajstić information content (AvgIpc) is 2.94. The standard InChI is InChI=1S/C16H26FN5/c1-12(2)6-9-20-16(18-3)21-13-7-10-22(11-13)15-14(17)5-4-8-19-15/h4-5,8,12-13H,6-7,9-11H2,1-3H3,(H2,18,20,21). The summed E-state index contributed by atoms with van der Waals surface area (Å²) in [6.07, 6.45) is 3.68. The highest BCUT2D eigenvalue weighted by molar-refractivity contribution is 5.80. The maximum Gasteiger partial charge on any atom is 0.191 e. The number of halogens is 1. The van der Waals surface area contributed by atoms with E-state index in [0.717, 1.165) is 38.4 Å². The first kappa shape index (κ1) is 16.5. The molecule has 1 aliphatic heterocycles. The van der Waals surface area contributed by atoms with Crippen LogP contribution in [0.2, 0.25) is 0 Å². The molecule has 1 aromatic heterocycles. The van der Waals surface area contributed by atoms with Crippen molar-refractivity contribution in [1.29, 1.82) is 0 Å². The van der Waals surface area contributed by atoms with Gasteiger partial charge in [-0.15, -0.1) is 0 Å². The first-order valence-corrected chi connectivity index (χ1v) is 7.92. The Labute approximate surface area is 132 Å². The van der Waals surface area contributed by atoms with Gasteiger partial charge in [-0.1, -0.05) is 13.8 Å². The molecule has 122 valence electrons. The second-order valence-electron chi connectivity index (χ2n) is 6.07. The number of anilines is 1. The lowest BCUT2D eigenvalue weighted by atomic mass is 10.1. The zero-order valence-corrected chi connectivity index (χ0v) is 13.6. The predicted molar refractivity (Wildman–Crippen MR) is 88.8 cm³/mol. The topological polar surface area (TPSA) is 52.6 Å². The molecule has 1 aliphatic rings. The highest BCUT2D eigenvalue weighted by Crippen LogP contribution is 2.20. The van der Waals surface area contributed by atoms with Crippen LogP contribution < -0.4 is 15.5 Å². The molecule has 0 aliphatic carbocycles. The molecule has 2 N–H and O–H groups in total. The minimum absolute atomic E-state index is 0.256. The molecular weight excluding hydrogens is 281 g/mol. The Kier molecular flexibility index (Phi) is 5.98. The molecule has 0 saturated carbocycles. The Hall–Kier alpha value is -1.85. The summed E-state index contributed by atoms with van der Waals surface area (Å²) >= 11 is 0. The number of aromatic nitrogens is 1. The van der Waals surface area contributed by atoms with Gasteiger partial charge in [0.2, 0.25) is 0 Å². The normalized spacial score (nSPS) is 18.9. The van der Waals surface area contributed by atoms with E-state index >= 15 is 0 Å². The fraction of sp³-hybridized carbons (Fsp3) is 0.625. The summed E-state index contributed by atoms with van der Waals surface area (Å²) in [5, 5.41) is 6.73. The Morgan fingerprint density at radius 2 is 2.36 bits per heavy atom. The van der Waals surface area contributed by atoms with E-state index in [1.165, 1.54) is 6.07 Å². The largest absolute Gasteiger partial charge is 0.356 e. The monoisotopic (exact) mass is 307 g/mol. The van der Waals surface area contributed by atoms with Crippen LogP contribution in [0.1, 0.15) is 26.7 Å². The number of pyridine rings is 1. The van der Waals surface area contributed by atoms with Crippen molar-refractivity contribution in [1.82, 2.24) is 15.6 Å². The second kappa shape index (κ2) is 7.96. The summed E-state index contributed by atoms with van der Waals surface area (Å²) in [4.78, 5) is 10.4. The van der Waals surface area contributed by atoms with Crippen molar-refractivity contribution in [2.75, 3.05) is 31.6 Å². The number of hydrogen-bond donors (Lipinski definition) is 2. The van der Waals surface area contributed by atoms with Gasteiger partial charge in [0.1, 0.15) is 0 Å². The molecule has 0 aromatic carbocycles. The van der Waals surface area contributed by atoms with Gasteiger partial charge in [-0.25, -0.2) is 9.37 Å². The molecular formula is C16H26FN5. The highest BCUT2D eigenvalue weighted by atomic mass is 19.1. The molecule has 0 bridgehead atoms.